The topological polar surface area (TPSA) is 107 Å². The number of hydrazone groups is 1. The highest BCUT2D eigenvalue weighted by molar-refractivity contribution is 6.30. The van der Waals surface area contributed by atoms with E-state index in [0.717, 1.165) is 22.4 Å². The Morgan fingerprint density at radius 3 is 2.78 bits per heavy atom. The van der Waals surface area contributed by atoms with E-state index in [-0.39, 0.29) is 23.6 Å². The number of amides is 1. The van der Waals surface area contributed by atoms with Crippen LogP contribution in [-0.4, -0.2) is 21.4 Å². The lowest BCUT2D eigenvalue weighted by Crippen LogP contribution is -2.48. The summed E-state index contributed by atoms with van der Waals surface area (Å²) >= 11 is 5.83. The Labute approximate surface area is 160 Å². The number of carbonyl (C=O) groups excluding carboxylic acids is 1. The van der Waals surface area contributed by atoms with Crippen LogP contribution in [-0.2, 0) is 24.2 Å². The van der Waals surface area contributed by atoms with Crippen LogP contribution in [0.25, 0.3) is 0 Å². The van der Waals surface area contributed by atoms with Crippen LogP contribution in [0.4, 0.5) is 0 Å². The molecule has 0 saturated carbocycles. The lowest BCUT2D eigenvalue weighted by atomic mass is 10.2. The molecule has 3 rings (SSSR count). The molecule has 0 aliphatic heterocycles. The van der Waals surface area contributed by atoms with E-state index >= 15 is 0 Å². The van der Waals surface area contributed by atoms with Crippen LogP contribution in [0.5, 0.6) is 0 Å². The third-order valence-electron chi connectivity index (χ3n) is 4.23. The molecule has 1 heterocycles. The molecule has 0 radical (unpaired) electrons. The van der Waals surface area contributed by atoms with Gasteiger partial charge in [-0.05, 0) is 37.0 Å². The van der Waals surface area contributed by atoms with Crippen LogP contribution in [0.3, 0.4) is 0 Å². The summed E-state index contributed by atoms with van der Waals surface area (Å²) in [7, 11) is 0. The molecule has 1 aliphatic rings. The molecule has 0 unspecified atom stereocenters. The second kappa shape index (κ2) is 8.05. The van der Waals surface area contributed by atoms with Gasteiger partial charge in [0.1, 0.15) is 6.54 Å². The van der Waals surface area contributed by atoms with Crippen molar-refractivity contribution in [2.75, 3.05) is 5.84 Å². The van der Waals surface area contributed by atoms with E-state index in [0.29, 0.717) is 23.4 Å². The molecule has 0 atom stereocenters. The summed E-state index contributed by atoms with van der Waals surface area (Å²) in [5, 5.41) is 4.57. The molecule has 140 valence electrons. The summed E-state index contributed by atoms with van der Waals surface area (Å²) in [6.07, 6.45) is 4.95. The van der Waals surface area contributed by atoms with E-state index in [1.165, 1.54) is 12.4 Å². The minimum absolute atomic E-state index is 0.0650. The molecule has 0 bridgehead atoms. The van der Waals surface area contributed by atoms with Gasteiger partial charge in [-0.2, -0.15) is 9.78 Å². The average Bonchev–Trinajstić information content (AvgIpc) is 3.14. The molecule has 1 aliphatic carbocycles. The highest BCUT2D eigenvalue weighted by Crippen LogP contribution is 2.16. The van der Waals surface area contributed by atoms with Crippen LogP contribution in [0.15, 0.2) is 51.9 Å². The van der Waals surface area contributed by atoms with Crippen molar-refractivity contribution in [3.8, 4) is 0 Å². The predicted octanol–water partition coefficient (Wildman–Crippen LogP) is 0.700. The molecule has 1 aromatic carbocycles. The normalized spacial score (nSPS) is 13.7. The van der Waals surface area contributed by atoms with Gasteiger partial charge in [0.2, 0.25) is 5.62 Å². The number of hydrogen-bond acceptors (Lipinski definition) is 5. The Balaban J connectivity index is 1.84. The third-order valence-corrected chi connectivity index (χ3v) is 4.48. The summed E-state index contributed by atoms with van der Waals surface area (Å²) in [6.45, 7) is 3.48. The first-order valence-electron chi connectivity index (χ1n) is 8.36. The monoisotopic (exact) mass is 386 g/mol. The Morgan fingerprint density at radius 1 is 1.33 bits per heavy atom. The molecule has 1 amide bonds. The van der Waals surface area contributed by atoms with Crippen LogP contribution < -0.4 is 22.4 Å². The fourth-order valence-electron chi connectivity index (χ4n) is 3.03. The summed E-state index contributed by atoms with van der Waals surface area (Å²) in [5.41, 5.74) is 4.55. The molecule has 0 fully saturated rings. The maximum Gasteiger partial charge on any atom is 0.276 e. The van der Waals surface area contributed by atoms with Crippen molar-refractivity contribution in [1.29, 1.82) is 0 Å². The average molecular weight is 387 g/mol. The predicted molar refractivity (Wildman–Crippen MR) is 104 cm³/mol. The number of nitrogen functional groups attached to an aromatic ring is 1. The van der Waals surface area contributed by atoms with Crippen molar-refractivity contribution in [3.63, 3.8) is 0 Å². The highest BCUT2D eigenvalue weighted by atomic mass is 35.5. The standard InChI is InChI=1S/C18H19ClN6O2/c1-2-21-18-24(15-5-3-4-14(15)17(27)25(18)20)11-16(26)23-22-10-12-6-8-13(19)9-7-12/h2,6-10H,1,3-5,11,20H2,(H,23,26)/b21-18-,22-10+. The van der Waals surface area contributed by atoms with Crippen molar-refractivity contribution in [2.45, 2.75) is 25.8 Å². The van der Waals surface area contributed by atoms with Crippen LogP contribution in [0.2, 0.25) is 5.02 Å². The van der Waals surface area contributed by atoms with Crippen molar-refractivity contribution < 1.29 is 4.79 Å². The van der Waals surface area contributed by atoms with E-state index in [1.54, 1.807) is 28.8 Å². The van der Waals surface area contributed by atoms with Gasteiger partial charge in [-0.1, -0.05) is 30.3 Å². The molecule has 1 aromatic heterocycles. The van der Waals surface area contributed by atoms with Gasteiger partial charge in [0, 0.05) is 22.5 Å². The maximum atomic E-state index is 12.3. The van der Waals surface area contributed by atoms with Gasteiger partial charge >= 0.3 is 0 Å². The number of fused-ring (bicyclic) bond motifs is 1. The molecule has 3 N–H and O–H groups in total. The summed E-state index contributed by atoms with van der Waals surface area (Å²) < 4.78 is 2.59. The van der Waals surface area contributed by atoms with Gasteiger partial charge in [0.15, 0.2) is 0 Å². The van der Waals surface area contributed by atoms with E-state index in [4.69, 9.17) is 17.4 Å². The van der Waals surface area contributed by atoms with E-state index in [1.807, 2.05) is 0 Å². The highest BCUT2D eigenvalue weighted by Gasteiger charge is 2.22. The Morgan fingerprint density at radius 2 is 2.07 bits per heavy atom. The van der Waals surface area contributed by atoms with Gasteiger partial charge < -0.3 is 10.4 Å². The van der Waals surface area contributed by atoms with Crippen LogP contribution in [0, 0.1) is 0 Å². The largest absolute Gasteiger partial charge is 0.333 e. The lowest BCUT2D eigenvalue weighted by molar-refractivity contribution is -0.121. The smallest absolute Gasteiger partial charge is 0.276 e. The summed E-state index contributed by atoms with van der Waals surface area (Å²) in [4.78, 5) is 28.8. The zero-order valence-corrected chi connectivity index (χ0v) is 15.3. The number of nitrogens with zero attached hydrogens (tertiary/aromatic N) is 4. The molecule has 9 heteroatoms. The van der Waals surface area contributed by atoms with Gasteiger partial charge in [-0.25, -0.2) is 10.4 Å². The summed E-state index contributed by atoms with van der Waals surface area (Å²) in [6, 6.07) is 7.03. The molecule has 8 nitrogen and oxygen atoms in total. The quantitative estimate of drug-likeness (QED) is 0.448. The Bertz CT molecular complexity index is 1030. The fraction of sp³-hybridized carbons (Fsp3) is 0.222. The van der Waals surface area contributed by atoms with Crippen molar-refractivity contribution >= 4 is 23.7 Å². The van der Waals surface area contributed by atoms with Crippen LogP contribution in [0.1, 0.15) is 23.2 Å². The Hall–Kier alpha value is -3.13. The second-order valence-corrected chi connectivity index (χ2v) is 6.43. The minimum atomic E-state index is -0.363. The zero-order valence-electron chi connectivity index (χ0n) is 14.6. The molecule has 0 saturated heterocycles. The van der Waals surface area contributed by atoms with Crippen molar-refractivity contribution in [2.24, 2.45) is 10.1 Å². The number of halogens is 1. The number of nitrogens with one attached hydrogen (secondary N) is 1. The number of aromatic nitrogens is 2. The fourth-order valence-corrected chi connectivity index (χ4v) is 3.16. The minimum Gasteiger partial charge on any atom is -0.333 e. The number of nitrogens with two attached hydrogens (primary N) is 1. The molecule has 27 heavy (non-hydrogen) atoms. The number of rotatable bonds is 5. The van der Waals surface area contributed by atoms with Crippen molar-refractivity contribution in [3.05, 3.63) is 74.9 Å². The van der Waals surface area contributed by atoms with Crippen molar-refractivity contribution in [1.82, 2.24) is 14.7 Å². The van der Waals surface area contributed by atoms with Gasteiger partial charge in [0.25, 0.3) is 11.5 Å². The third kappa shape index (κ3) is 4.01. The van der Waals surface area contributed by atoms with Gasteiger partial charge in [-0.15, -0.1) is 0 Å². The molecular formula is C18H19ClN6O2. The number of hydrogen-bond donors (Lipinski definition) is 2. The van der Waals surface area contributed by atoms with Crippen LogP contribution >= 0.6 is 11.6 Å². The first-order chi connectivity index (χ1) is 13.0. The van der Waals surface area contributed by atoms with Gasteiger partial charge in [0.05, 0.1) is 6.21 Å². The first kappa shape index (κ1) is 18.7. The van der Waals surface area contributed by atoms with E-state index in [9.17, 15) is 9.59 Å². The summed E-state index contributed by atoms with van der Waals surface area (Å²) in [5.74, 6) is 5.51. The molecule has 0 spiro atoms. The molecular weight excluding hydrogens is 368 g/mol. The van der Waals surface area contributed by atoms with E-state index < -0.39 is 0 Å². The first-order valence-corrected chi connectivity index (χ1v) is 8.74. The Kier molecular flexibility index (Phi) is 5.56. The zero-order chi connectivity index (χ0) is 19.4. The SMILES string of the molecule is C=C/N=c1/n(CC(=O)N/N=C/c2ccc(Cl)cc2)c2c(c(=O)n1N)CCC2. The number of benzene rings is 1. The lowest BCUT2D eigenvalue weighted by Gasteiger charge is -2.14. The maximum absolute atomic E-state index is 12.3. The number of carbonyl (C=O) groups is 1. The second-order valence-electron chi connectivity index (χ2n) is 6.00. The molecule has 2 aromatic rings. The van der Waals surface area contributed by atoms with E-state index in [2.05, 4.69) is 22.1 Å². The van der Waals surface area contributed by atoms with Gasteiger partial charge in [-0.3, -0.25) is 9.59 Å².